The van der Waals surface area contributed by atoms with Gasteiger partial charge in [-0.3, -0.25) is 9.89 Å². The molecule has 0 bridgehead atoms. The van der Waals surface area contributed by atoms with Gasteiger partial charge in [-0.2, -0.15) is 0 Å². The summed E-state index contributed by atoms with van der Waals surface area (Å²) in [6, 6.07) is 3.90. The number of rotatable bonds is 4. The predicted molar refractivity (Wildman–Crippen MR) is 59.6 cm³/mol. The SMILES string of the molecule is NC(=O)CSc1n[nH]c(-c2cccs2)n1. The minimum absolute atomic E-state index is 0.196. The molecule has 0 radical (unpaired) electrons. The third-order valence-electron chi connectivity index (χ3n) is 1.56. The van der Waals surface area contributed by atoms with E-state index in [1.807, 2.05) is 17.5 Å². The fraction of sp³-hybridized carbons (Fsp3) is 0.125. The molecule has 78 valence electrons. The highest BCUT2D eigenvalue weighted by Crippen LogP contribution is 2.22. The van der Waals surface area contributed by atoms with Crippen LogP contribution in [0.5, 0.6) is 0 Å². The van der Waals surface area contributed by atoms with Crippen LogP contribution in [0.15, 0.2) is 22.7 Å². The monoisotopic (exact) mass is 240 g/mol. The molecule has 0 aliphatic heterocycles. The quantitative estimate of drug-likeness (QED) is 0.784. The first-order chi connectivity index (χ1) is 7.25. The summed E-state index contributed by atoms with van der Waals surface area (Å²) in [4.78, 5) is 15.8. The van der Waals surface area contributed by atoms with Crippen molar-refractivity contribution in [2.75, 3.05) is 5.75 Å². The van der Waals surface area contributed by atoms with Crippen molar-refractivity contribution in [2.45, 2.75) is 5.16 Å². The number of thioether (sulfide) groups is 1. The largest absolute Gasteiger partial charge is 0.369 e. The Morgan fingerprint density at radius 2 is 2.53 bits per heavy atom. The van der Waals surface area contributed by atoms with Gasteiger partial charge in [0.1, 0.15) is 0 Å². The van der Waals surface area contributed by atoms with E-state index in [0.717, 1.165) is 10.7 Å². The number of carbonyl (C=O) groups is 1. The molecular formula is C8H8N4OS2. The molecule has 0 fully saturated rings. The van der Waals surface area contributed by atoms with E-state index in [4.69, 9.17) is 5.73 Å². The van der Waals surface area contributed by atoms with Crippen molar-refractivity contribution >= 4 is 29.0 Å². The van der Waals surface area contributed by atoms with Crippen LogP contribution in [0, 0.1) is 0 Å². The lowest BCUT2D eigenvalue weighted by Crippen LogP contribution is -2.13. The molecule has 15 heavy (non-hydrogen) atoms. The number of primary amides is 1. The van der Waals surface area contributed by atoms with Gasteiger partial charge in [0.25, 0.3) is 0 Å². The molecule has 3 N–H and O–H groups in total. The number of thiophene rings is 1. The third-order valence-corrected chi connectivity index (χ3v) is 3.31. The molecule has 7 heteroatoms. The zero-order valence-electron chi connectivity index (χ0n) is 7.64. The topological polar surface area (TPSA) is 84.7 Å². The molecule has 0 aliphatic rings. The number of hydrogen-bond acceptors (Lipinski definition) is 5. The van der Waals surface area contributed by atoms with Gasteiger partial charge in [0, 0.05) is 0 Å². The summed E-state index contributed by atoms with van der Waals surface area (Å²) in [6.07, 6.45) is 0. The molecule has 0 unspecified atom stereocenters. The Labute approximate surface area is 94.1 Å². The van der Waals surface area contributed by atoms with Crippen LogP contribution >= 0.6 is 23.1 Å². The van der Waals surface area contributed by atoms with Crippen molar-refractivity contribution in [2.24, 2.45) is 5.73 Å². The Bertz CT molecular complexity index is 451. The lowest BCUT2D eigenvalue weighted by Gasteiger charge is -1.89. The highest BCUT2D eigenvalue weighted by Gasteiger charge is 2.07. The van der Waals surface area contributed by atoms with E-state index in [-0.39, 0.29) is 11.7 Å². The standard InChI is InChI=1S/C8H8N4OS2/c9-6(13)4-15-8-10-7(11-12-8)5-2-1-3-14-5/h1-3H,4H2,(H2,9,13)(H,10,11,12). The second kappa shape index (κ2) is 4.45. The highest BCUT2D eigenvalue weighted by atomic mass is 32.2. The van der Waals surface area contributed by atoms with Gasteiger partial charge in [0.15, 0.2) is 5.82 Å². The van der Waals surface area contributed by atoms with E-state index >= 15 is 0 Å². The summed E-state index contributed by atoms with van der Waals surface area (Å²) in [5.41, 5.74) is 5.02. The summed E-state index contributed by atoms with van der Waals surface area (Å²) < 4.78 is 0. The second-order valence-electron chi connectivity index (χ2n) is 2.70. The van der Waals surface area contributed by atoms with Gasteiger partial charge < -0.3 is 5.73 Å². The van der Waals surface area contributed by atoms with E-state index in [1.165, 1.54) is 11.8 Å². The summed E-state index contributed by atoms with van der Waals surface area (Å²) >= 11 is 2.80. The molecule has 0 saturated carbocycles. The first kappa shape index (κ1) is 10.2. The number of aromatic amines is 1. The van der Waals surface area contributed by atoms with Crippen molar-refractivity contribution in [1.82, 2.24) is 15.2 Å². The fourth-order valence-corrected chi connectivity index (χ4v) is 2.17. The van der Waals surface area contributed by atoms with Crippen molar-refractivity contribution in [3.05, 3.63) is 17.5 Å². The fourth-order valence-electron chi connectivity index (χ4n) is 0.970. The molecular weight excluding hydrogens is 232 g/mol. The van der Waals surface area contributed by atoms with Gasteiger partial charge in [-0.25, -0.2) is 4.98 Å². The molecule has 0 spiro atoms. The summed E-state index contributed by atoms with van der Waals surface area (Å²) in [5.74, 6) is 0.543. The molecule has 5 nitrogen and oxygen atoms in total. The summed E-state index contributed by atoms with van der Waals surface area (Å²) in [5, 5.41) is 9.28. The number of carbonyl (C=O) groups excluding carboxylic acids is 1. The number of H-pyrrole nitrogens is 1. The van der Waals surface area contributed by atoms with Crippen LogP contribution in [-0.4, -0.2) is 26.8 Å². The van der Waals surface area contributed by atoms with E-state index < -0.39 is 0 Å². The van der Waals surface area contributed by atoms with Gasteiger partial charge >= 0.3 is 0 Å². The summed E-state index contributed by atoms with van der Waals surface area (Å²) in [7, 11) is 0. The molecule has 0 atom stereocenters. The average molecular weight is 240 g/mol. The lowest BCUT2D eigenvalue weighted by molar-refractivity contribution is -0.115. The van der Waals surface area contributed by atoms with E-state index in [0.29, 0.717) is 5.16 Å². The zero-order valence-corrected chi connectivity index (χ0v) is 9.27. The Hall–Kier alpha value is -1.34. The first-order valence-electron chi connectivity index (χ1n) is 4.13. The van der Waals surface area contributed by atoms with Crippen LogP contribution in [0.4, 0.5) is 0 Å². The lowest BCUT2D eigenvalue weighted by atomic mass is 10.4. The van der Waals surface area contributed by atoms with Crippen LogP contribution in [-0.2, 0) is 4.79 Å². The Morgan fingerprint density at radius 1 is 1.67 bits per heavy atom. The maximum absolute atomic E-state index is 10.5. The van der Waals surface area contributed by atoms with Crippen LogP contribution in [0.2, 0.25) is 0 Å². The highest BCUT2D eigenvalue weighted by molar-refractivity contribution is 7.99. The number of nitrogens with two attached hydrogens (primary N) is 1. The number of aromatic nitrogens is 3. The number of hydrogen-bond donors (Lipinski definition) is 2. The van der Waals surface area contributed by atoms with Crippen molar-refractivity contribution in [3.8, 4) is 10.7 Å². The van der Waals surface area contributed by atoms with Crippen molar-refractivity contribution in [1.29, 1.82) is 0 Å². The number of nitrogens with one attached hydrogen (secondary N) is 1. The van der Waals surface area contributed by atoms with Gasteiger partial charge in [-0.15, -0.1) is 16.4 Å². The number of amides is 1. The second-order valence-corrected chi connectivity index (χ2v) is 4.59. The van der Waals surface area contributed by atoms with E-state index in [1.54, 1.807) is 11.3 Å². The van der Waals surface area contributed by atoms with Crippen LogP contribution < -0.4 is 5.73 Å². The molecule has 0 aliphatic carbocycles. The summed E-state index contributed by atoms with van der Waals surface area (Å²) in [6.45, 7) is 0. The minimum Gasteiger partial charge on any atom is -0.369 e. The maximum Gasteiger partial charge on any atom is 0.227 e. The van der Waals surface area contributed by atoms with Crippen molar-refractivity contribution in [3.63, 3.8) is 0 Å². The molecule has 2 heterocycles. The van der Waals surface area contributed by atoms with Crippen LogP contribution in [0.1, 0.15) is 0 Å². The van der Waals surface area contributed by atoms with Crippen LogP contribution in [0.25, 0.3) is 10.7 Å². The Morgan fingerprint density at radius 3 is 3.20 bits per heavy atom. The molecule has 1 amide bonds. The van der Waals surface area contributed by atoms with Gasteiger partial charge in [-0.1, -0.05) is 17.8 Å². The molecule has 2 rings (SSSR count). The van der Waals surface area contributed by atoms with Crippen LogP contribution in [0.3, 0.4) is 0 Å². The average Bonchev–Trinajstić information content (AvgIpc) is 2.85. The molecule has 0 saturated heterocycles. The normalized spacial score (nSPS) is 10.4. The molecule has 2 aromatic rings. The van der Waals surface area contributed by atoms with Gasteiger partial charge in [0.2, 0.25) is 11.1 Å². The van der Waals surface area contributed by atoms with Gasteiger partial charge in [0.05, 0.1) is 10.6 Å². The maximum atomic E-state index is 10.5. The minimum atomic E-state index is -0.373. The molecule has 0 aromatic carbocycles. The Kier molecular flexibility index (Phi) is 3.02. The number of nitrogens with zero attached hydrogens (tertiary/aromatic N) is 2. The predicted octanol–water partition coefficient (Wildman–Crippen LogP) is 1.11. The third kappa shape index (κ3) is 2.57. The Balaban J connectivity index is 2.08. The van der Waals surface area contributed by atoms with Gasteiger partial charge in [-0.05, 0) is 11.4 Å². The van der Waals surface area contributed by atoms with E-state index in [9.17, 15) is 4.79 Å². The molecule has 2 aromatic heterocycles. The first-order valence-corrected chi connectivity index (χ1v) is 5.99. The smallest absolute Gasteiger partial charge is 0.227 e. The van der Waals surface area contributed by atoms with Crippen molar-refractivity contribution < 1.29 is 4.79 Å². The van der Waals surface area contributed by atoms with E-state index in [2.05, 4.69) is 15.2 Å². The zero-order chi connectivity index (χ0) is 10.7.